The Labute approximate surface area is 181 Å². The summed E-state index contributed by atoms with van der Waals surface area (Å²) in [5, 5.41) is 11.2. The van der Waals surface area contributed by atoms with Crippen LogP contribution in [-0.4, -0.2) is 26.7 Å². The standard InChI is InChI=1S/C26H24N2O3/c1-16-10-11-20(13-18(16)3)24(29)22-23(21-9-5-4-7-17(21)2)28(26(31)25(22)30)15-19-8-6-12-27-14-19/h4-14,23,29H,15H2,1-3H3/b24-22+. The summed E-state index contributed by atoms with van der Waals surface area (Å²) in [4.78, 5) is 31.9. The molecule has 1 aromatic heterocycles. The second kappa shape index (κ2) is 8.19. The zero-order valence-corrected chi connectivity index (χ0v) is 17.8. The van der Waals surface area contributed by atoms with Crippen LogP contribution in [0.25, 0.3) is 5.76 Å². The van der Waals surface area contributed by atoms with Crippen LogP contribution in [0, 0.1) is 20.8 Å². The molecule has 1 unspecified atom stereocenters. The molecule has 1 atom stereocenters. The van der Waals surface area contributed by atoms with Gasteiger partial charge in [-0.05, 0) is 60.7 Å². The number of aliphatic hydroxyl groups is 1. The molecule has 1 aliphatic rings. The van der Waals surface area contributed by atoms with Gasteiger partial charge in [-0.3, -0.25) is 14.6 Å². The van der Waals surface area contributed by atoms with E-state index in [1.165, 1.54) is 4.90 Å². The number of carbonyl (C=O) groups excluding carboxylic acids is 2. The van der Waals surface area contributed by atoms with Gasteiger partial charge >= 0.3 is 0 Å². The third-order valence-corrected chi connectivity index (χ3v) is 5.88. The second-order valence-corrected chi connectivity index (χ2v) is 7.94. The van der Waals surface area contributed by atoms with E-state index in [1.807, 2.05) is 63.2 Å². The summed E-state index contributed by atoms with van der Waals surface area (Å²) in [6.07, 6.45) is 3.34. The topological polar surface area (TPSA) is 70.5 Å². The van der Waals surface area contributed by atoms with Crippen LogP contribution in [0.2, 0.25) is 0 Å². The maximum atomic E-state index is 13.1. The van der Waals surface area contributed by atoms with Gasteiger partial charge in [-0.2, -0.15) is 0 Å². The van der Waals surface area contributed by atoms with Gasteiger partial charge in [-0.25, -0.2) is 0 Å². The van der Waals surface area contributed by atoms with Crippen molar-refractivity contribution in [1.29, 1.82) is 0 Å². The van der Waals surface area contributed by atoms with Crippen molar-refractivity contribution in [3.05, 3.63) is 106 Å². The average molecular weight is 412 g/mol. The Hall–Kier alpha value is -3.73. The van der Waals surface area contributed by atoms with Gasteiger partial charge in [0.1, 0.15) is 5.76 Å². The first-order valence-corrected chi connectivity index (χ1v) is 10.2. The van der Waals surface area contributed by atoms with Gasteiger partial charge in [0.05, 0.1) is 11.6 Å². The van der Waals surface area contributed by atoms with Crippen molar-refractivity contribution in [1.82, 2.24) is 9.88 Å². The minimum absolute atomic E-state index is 0.117. The highest BCUT2D eigenvalue weighted by molar-refractivity contribution is 6.46. The third kappa shape index (κ3) is 3.75. The third-order valence-electron chi connectivity index (χ3n) is 5.88. The highest BCUT2D eigenvalue weighted by Gasteiger charge is 2.46. The summed E-state index contributed by atoms with van der Waals surface area (Å²) in [6, 6.07) is 16.1. The lowest BCUT2D eigenvalue weighted by atomic mass is 9.92. The summed E-state index contributed by atoms with van der Waals surface area (Å²) in [6.45, 7) is 6.10. The molecule has 0 radical (unpaired) electrons. The molecule has 2 heterocycles. The van der Waals surface area contributed by atoms with Crippen LogP contribution in [0.15, 0.2) is 72.6 Å². The number of ketones is 1. The fraction of sp³-hybridized carbons (Fsp3) is 0.192. The molecular formula is C26H24N2O3. The van der Waals surface area contributed by atoms with Crippen molar-refractivity contribution < 1.29 is 14.7 Å². The van der Waals surface area contributed by atoms with E-state index in [0.717, 1.165) is 27.8 Å². The largest absolute Gasteiger partial charge is 0.507 e. The number of hydrogen-bond donors (Lipinski definition) is 1. The Morgan fingerprint density at radius 3 is 2.42 bits per heavy atom. The SMILES string of the molecule is Cc1ccc(/C(O)=C2\C(=O)C(=O)N(Cc3cccnc3)C2c2ccccc2C)cc1C. The summed E-state index contributed by atoms with van der Waals surface area (Å²) < 4.78 is 0. The number of pyridine rings is 1. The molecule has 5 heteroatoms. The van der Waals surface area contributed by atoms with E-state index in [-0.39, 0.29) is 17.9 Å². The number of amides is 1. The van der Waals surface area contributed by atoms with Crippen molar-refractivity contribution in [3.8, 4) is 0 Å². The maximum Gasteiger partial charge on any atom is 0.295 e. The molecule has 1 N–H and O–H groups in total. The van der Waals surface area contributed by atoms with Gasteiger partial charge in [0.25, 0.3) is 11.7 Å². The van der Waals surface area contributed by atoms with E-state index in [9.17, 15) is 14.7 Å². The molecule has 5 nitrogen and oxygen atoms in total. The first kappa shape index (κ1) is 20.5. The highest BCUT2D eigenvalue weighted by Crippen LogP contribution is 2.41. The van der Waals surface area contributed by atoms with Gasteiger partial charge < -0.3 is 10.0 Å². The number of likely N-dealkylation sites (tertiary alicyclic amines) is 1. The number of rotatable bonds is 4. The van der Waals surface area contributed by atoms with E-state index < -0.39 is 17.7 Å². The summed E-state index contributed by atoms with van der Waals surface area (Å²) in [7, 11) is 0. The monoisotopic (exact) mass is 412 g/mol. The van der Waals surface area contributed by atoms with Gasteiger partial charge in [0.15, 0.2) is 0 Å². The van der Waals surface area contributed by atoms with Crippen LogP contribution in [-0.2, 0) is 16.1 Å². The fourth-order valence-corrected chi connectivity index (χ4v) is 3.99. The summed E-state index contributed by atoms with van der Waals surface area (Å²) in [5.41, 5.74) is 5.30. The van der Waals surface area contributed by atoms with Crippen molar-refractivity contribution in [2.75, 3.05) is 0 Å². The molecule has 1 aliphatic heterocycles. The van der Waals surface area contributed by atoms with Crippen LogP contribution >= 0.6 is 0 Å². The van der Waals surface area contributed by atoms with Crippen molar-refractivity contribution >= 4 is 17.4 Å². The number of nitrogens with zero attached hydrogens (tertiary/aromatic N) is 2. The summed E-state index contributed by atoms with van der Waals surface area (Å²) >= 11 is 0. The Morgan fingerprint density at radius 2 is 1.74 bits per heavy atom. The minimum Gasteiger partial charge on any atom is -0.507 e. The highest BCUT2D eigenvalue weighted by atomic mass is 16.3. The zero-order valence-electron chi connectivity index (χ0n) is 17.8. The molecule has 1 amide bonds. The smallest absolute Gasteiger partial charge is 0.295 e. The van der Waals surface area contributed by atoms with E-state index >= 15 is 0 Å². The molecule has 4 rings (SSSR count). The van der Waals surface area contributed by atoms with Gasteiger partial charge in [-0.1, -0.05) is 42.5 Å². The lowest BCUT2D eigenvalue weighted by molar-refractivity contribution is -0.140. The Bertz CT molecular complexity index is 1200. The van der Waals surface area contributed by atoms with Crippen LogP contribution < -0.4 is 0 Å². The fourth-order valence-electron chi connectivity index (χ4n) is 3.99. The molecule has 156 valence electrons. The van der Waals surface area contributed by atoms with E-state index in [4.69, 9.17) is 0 Å². The molecule has 1 saturated heterocycles. The van der Waals surface area contributed by atoms with E-state index in [1.54, 1.807) is 24.5 Å². The van der Waals surface area contributed by atoms with Crippen molar-refractivity contribution in [2.24, 2.45) is 0 Å². The molecule has 0 spiro atoms. The van der Waals surface area contributed by atoms with E-state index in [0.29, 0.717) is 5.56 Å². The molecule has 31 heavy (non-hydrogen) atoms. The normalized spacial score (nSPS) is 17.9. The number of aromatic nitrogens is 1. The van der Waals surface area contributed by atoms with Gasteiger partial charge in [-0.15, -0.1) is 0 Å². The number of aliphatic hydroxyl groups excluding tert-OH is 1. The molecule has 0 saturated carbocycles. The van der Waals surface area contributed by atoms with Crippen molar-refractivity contribution in [2.45, 2.75) is 33.4 Å². The Kier molecular flexibility index (Phi) is 5.42. The zero-order chi connectivity index (χ0) is 22.1. The molecule has 1 fully saturated rings. The first-order chi connectivity index (χ1) is 14.9. The molecule has 2 aromatic carbocycles. The van der Waals surface area contributed by atoms with E-state index in [2.05, 4.69) is 4.98 Å². The van der Waals surface area contributed by atoms with Crippen molar-refractivity contribution in [3.63, 3.8) is 0 Å². The Balaban J connectivity index is 1.90. The lowest BCUT2D eigenvalue weighted by Crippen LogP contribution is -2.29. The molecule has 3 aromatic rings. The number of carbonyl (C=O) groups is 2. The predicted octanol–water partition coefficient (Wildman–Crippen LogP) is 4.63. The van der Waals surface area contributed by atoms with Crippen LogP contribution in [0.3, 0.4) is 0 Å². The Morgan fingerprint density at radius 1 is 0.968 bits per heavy atom. The lowest BCUT2D eigenvalue weighted by Gasteiger charge is -2.26. The number of Topliss-reactive ketones (excluding diaryl/α,β-unsaturated/α-hetero) is 1. The molecular weight excluding hydrogens is 388 g/mol. The predicted molar refractivity (Wildman–Crippen MR) is 119 cm³/mol. The van der Waals surface area contributed by atoms with Crippen LogP contribution in [0.5, 0.6) is 0 Å². The van der Waals surface area contributed by atoms with Gasteiger partial charge in [0, 0.05) is 24.5 Å². The van der Waals surface area contributed by atoms with Crippen LogP contribution in [0.4, 0.5) is 0 Å². The van der Waals surface area contributed by atoms with Gasteiger partial charge in [0.2, 0.25) is 0 Å². The quantitative estimate of drug-likeness (QED) is 0.385. The second-order valence-electron chi connectivity index (χ2n) is 7.94. The molecule has 0 aliphatic carbocycles. The molecule has 0 bridgehead atoms. The van der Waals surface area contributed by atoms with Crippen LogP contribution in [0.1, 0.15) is 39.4 Å². The minimum atomic E-state index is -0.678. The number of hydrogen-bond acceptors (Lipinski definition) is 4. The number of benzene rings is 2. The average Bonchev–Trinajstić information content (AvgIpc) is 3.01. The first-order valence-electron chi connectivity index (χ1n) is 10.2. The number of aryl methyl sites for hydroxylation is 3. The summed E-state index contributed by atoms with van der Waals surface area (Å²) in [5.74, 6) is -1.45. The maximum absolute atomic E-state index is 13.1.